The van der Waals surface area contributed by atoms with E-state index in [1.807, 2.05) is 41.5 Å². The molecule has 1 saturated heterocycles. The maximum absolute atomic E-state index is 12.9. The van der Waals surface area contributed by atoms with E-state index < -0.39 is 16.6 Å². The van der Waals surface area contributed by atoms with Crippen LogP contribution in [0.15, 0.2) is 0 Å². The Morgan fingerprint density at radius 2 is 1.86 bits per heavy atom. The number of thiazole rings is 1. The van der Waals surface area contributed by atoms with Crippen LogP contribution in [0, 0.1) is 5.41 Å². The molecule has 1 aliphatic heterocycles. The van der Waals surface area contributed by atoms with E-state index in [0.29, 0.717) is 18.3 Å². The molecule has 0 radical (unpaired) electrons. The fraction of sp³-hybridized carbons (Fsp3) is 0.800. The topological polar surface area (TPSA) is 80.8 Å². The second-order valence-corrected chi connectivity index (χ2v) is 13.0. The number of amides is 1. The first kappa shape index (κ1) is 22.5. The first-order valence-corrected chi connectivity index (χ1v) is 12.0. The molecular formula is C20H33N3O4S2. The molecule has 9 heteroatoms. The van der Waals surface area contributed by atoms with Gasteiger partial charge in [-0.2, -0.15) is 0 Å². The molecule has 1 aliphatic carbocycles. The summed E-state index contributed by atoms with van der Waals surface area (Å²) < 4.78 is 26.8. The van der Waals surface area contributed by atoms with Gasteiger partial charge in [0.25, 0.3) is 5.19 Å². The van der Waals surface area contributed by atoms with Gasteiger partial charge in [0.05, 0.1) is 34.6 Å². The van der Waals surface area contributed by atoms with Crippen molar-refractivity contribution in [1.82, 2.24) is 14.6 Å². The van der Waals surface area contributed by atoms with Crippen molar-refractivity contribution in [3.8, 4) is 5.19 Å². The minimum Gasteiger partial charge on any atom is -0.473 e. The zero-order chi connectivity index (χ0) is 21.6. The van der Waals surface area contributed by atoms with Crippen molar-refractivity contribution in [3.63, 3.8) is 0 Å². The third-order valence-corrected chi connectivity index (χ3v) is 8.07. The molecule has 3 rings (SSSR count). The average Bonchev–Trinajstić information content (AvgIpc) is 3.10. The van der Waals surface area contributed by atoms with Crippen LogP contribution < -0.4 is 9.46 Å². The summed E-state index contributed by atoms with van der Waals surface area (Å²) in [4.78, 5) is 20.1. The van der Waals surface area contributed by atoms with E-state index in [0.717, 1.165) is 25.0 Å². The molecule has 2 aliphatic rings. The lowest BCUT2D eigenvalue weighted by atomic mass is 9.74. The summed E-state index contributed by atoms with van der Waals surface area (Å²) in [6, 6.07) is -0.113. The van der Waals surface area contributed by atoms with Crippen molar-refractivity contribution >= 4 is 28.4 Å². The maximum atomic E-state index is 12.9. The fourth-order valence-corrected chi connectivity index (χ4v) is 5.88. The zero-order valence-corrected chi connectivity index (χ0v) is 20.1. The van der Waals surface area contributed by atoms with Gasteiger partial charge in [-0.3, -0.25) is 0 Å². The van der Waals surface area contributed by atoms with Gasteiger partial charge in [0.2, 0.25) is 0 Å². The summed E-state index contributed by atoms with van der Waals surface area (Å²) in [6.45, 7) is 12.8. The van der Waals surface area contributed by atoms with Crippen molar-refractivity contribution in [2.45, 2.75) is 77.2 Å². The predicted octanol–water partition coefficient (Wildman–Crippen LogP) is 3.82. The number of rotatable bonds is 3. The number of carbonyl (C=O) groups is 1. The maximum Gasteiger partial charge on any atom is 0.410 e. The van der Waals surface area contributed by atoms with Crippen LogP contribution >= 0.6 is 11.3 Å². The fourth-order valence-electron chi connectivity index (χ4n) is 3.88. The molecule has 1 amide bonds. The van der Waals surface area contributed by atoms with Gasteiger partial charge in [0, 0.05) is 23.4 Å². The minimum absolute atomic E-state index is 0.0974. The minimum atomic E-state index is -1.22. The summed E-state index contributed by atoms with van der Waals surface area (Å²) in [7, 11) is 0.407. The number of nitrogens with one attached hydrogen (secondary N) is 1. The van der Waals surface area contributed by atoms with Gasteiger partial charge in [-0.05, 0) is 60.8 Å². The van der Waals surface area contributed by atoms with Gasteiger partial charge in [0.1, 0.15) is 5.60 Å². The molecule has 2 atom stereocenters. The number of piperidine rings is 1. The molecule has 29 heavy (non-hydrogen) atoms. The van der Waals surface area contributed by atoms with E-state index >= 15 is 0 Å². The molecule has 1 aromatic heterocycles. The SMILES string of the molecule is COc1nc2c(s1)CC1(CCN(C(=O)OC(C)(C)C)CC1)[C@@H]2N[S@@](=O)C(C)(C)C. The monoisotopic (exact) mass is 443 g/mol. The molecular weight excluding hydrogens is 410 g/mol. The van der Waals surface area contributed by atoms with Crippen molar-refractivity contribution in [1.29, 1.82) is 0 Å². The van der Waals surface area contributed by atoms with Gasteiger partial charge in [0.15, 0.2) is 0 Å². The van der Waals surface area contributed by atoms with Crippen LogP contribution in [0.1, 0.15) is 71.0 Å². The predicted molar refractivity (Wildman–Crippen MR) is 116 cm³/mol. The summed E-state index contributed by atoms with van der Waals surface area (Å²) in [5.74, 6) is 0. The Morgan fingerprint density at radius 1 is 1.24 bits per heavy atom. The molecule has 1 N–H and O–H groups in total. The molecule has 1 spiro atoms. The summed E-state index contributed by atoms with van der Waals surface area (Å²) in [6.07, 6.45) is 2.24. The Kier molecular flexibility index (Phi) is 6.06. The second kappa shape index (κ2) is 7.81. The highest BCUT2D eigenvalue weighted by Gasteiger charge is 2.51. The number of nitrogens with zero attached hydrogens (tertiary/aromatic N) is 2. The Hall–Kier alpha value is -1.19. The molecule has 1 aromatic rings. The van der Waals surface area contributed by atoms with Gasteiger partial charge in [-0.25, -0.2) is 18.7 Å². The molecule has 2 heterocycles. The molecule has 0 unspecified atom stereocenters. The molecule has 0 saturated carbocycles. The first-order chi connectivity index (χ1) is 13.3. The van der Waals surface area contributed by atoms with E-state index in [-0.39, 0.29) is 22.3 Å². The van der Waals surface area contributed by atoms with Crippen molar-refractivity contribution in [2.75, 3.05) is 20.2 Å². The van der Waals surface area contributed by atoms with E-state index in [2.05, 4.69) is 9.71 Å². The lowest BCUT2D eigenvalue weighted by molar-refractivity contribution is 0.00714. The van der Waals surface area contributed by atoms with Crippen LogP contribution in [0.25, 0.3) is 0 Å². The number of likely N-dealkylation sites (tertiary alicyclic amines) is 1. The van der Waals surface area contributed by atoms with Gasteiger partial charge in [-0.1, -0.05) is 11.3 Å². The van der Waals surface area contributed by atoms with Gasteiger partial charge in [-0.15, -0.1) is 0 Å². The summed E-state index contributed by atoms with van der Waals surface area (Å²) in [5, 5.41) is 0.643. The second-order valence-electron chi connectivity index (χ2n) is 9.93. The highest BCUT2D eigenvalue weighted by Crippen LogP contribution is 2.54. The molecule has 1 fully saturated rings. The number of methoxy groups -OCH3 is 1. The summed E-state index contributed by atoms with van der Waals surface area (Å²) in [5.41, 5.74) is 0.354. The van der Waals surface area contributed by atoms with E-state index in [1.165, 1.54) is 4.88 Å². The lowest BCUT2D eigenvalue weighted by Crippen LogP contribution is -2.50. The van der Waals surface area contributed by atoms with Crippen LogP contribution in [-0.2, 0) is 22.1 Å². The number of hydrogen-bond donors (Lipinski definition) is 1. The Labute approximate surface area is 180 Å². The number of fused-ring (bicyclic) bond motifs is 1. The number of aromatic nitrogens is 1. The first-order valence-electron chi connectivity index (χ1n) is 10.0. The highest BCUT2D eigenvalue weighted by molar-refractivity contribution is 7.84. The smallest absolute Gasteiger partial charge is 0.410 e. The Balaban J connectivity index is 1.79. The summed E-state index contributed by atoms with van der Waals surface area (Å²) >= 11 is 1.57. The number of hydrogen-bond acceptors (Lipinski definition) is 6. The molecule has 7 nitrogen and oxygen atoms in total. The quantitative estimate of drug-likeness (QED) is 0.768. The van der Waals surface area contributed by atoms with Crippen molar-refractivity contribution in [2.24, 2.45) is 5.41 Å². The lowest BCUT2D eigenvalue weighted by Gasteiger charge is -2.43. The van der Waals surface area contributed by atoms with Crippen LogP contribution in [-0.4, -0.2) is 50.7 Å². The largest absolute Gasteiger partial charge is 0.473 e. The van der Waals surface area contributed by atoms with Crippen molar-refractivity contribution < 1.29 is 18.5 Å². The third kappa shape index (κ3) is 4.77. The zero-order valence-electron chi connectivity index (χ0n) is 18.5. The van der Waals surface area contributed by atoms with E-state index in [9.17, 15) is 9.00 Å². The third-order valence-electron chi connectivity index (χ3n) is 5.47. The van der Waals surface area contributed by atoms with Crippen molar-refractivity contribution in [3.05, 3.63) is 10.6 Å². The number of carbonyl (C=O) groups excluding carboxylic acids is 1. The molecule has 164 valence electrons. The normalized spacial score (nSPS) is 22.4. The highest BCUT2D eigenvalue weighted by atomic mass is 32.2. The van der Waals surface area contributed by atoms with Gasteiger partial charge >= 0.3 is 6.09 Å². The van der Waals surface area contributed by atoms with E-state index in [4.69, 9.17) is 9.47 Å². The van der Waals surface area contributed by atoms with E-state index in [1.54, 1.807) is 23.3 Å². The van der Waals surface area contributed by atoms with Gasteiger partial charge < -0.3 is 14.4 Å². The Bertz CT molecular complexity index is 787. The van der Waals surface area contributed by atoms with Crippen LogP contribution in [0.3, 0.4) is 0 Å². The molecule has 0 aromatic carbocycles. The number of ether oxygens (including phenoxy) is 2. The standard InChI is InChI=1S/C20H33N3O4S2/c1-18(2,3)27-17(24)23-10-8-20(9-11-23)12-13-14(21-16(26-7)28-13)15(20)22-29(25)19(4,5)6/h15,22H,8-12H2,1-7H3/t15-,29+/m1/s1. The Morgan fingerprint density at radius 3 is 2.38 bits per heavy atom. The van der Waals surface area contributed by atoms with Crippen LogP contribution in [0.4, 0.5) is 4.79 Å². The van der Waals surface area contributed by atoms with Crippen LogP contribution in [0.2, 0.25) is 0 Å². The molecule has 0 bridgehead atoms. The van der Waals surface area contributed by atoms with Crippen LogP contribution in [0.5, 0.6) is 5.19 Å². The average molecular weight is 444 g/mol.